The SMILES string of the molecule is ON1C=CCC2CC=CC=C2C1. The molecule has 0 fully saturated rings. The molecule has 1 aliphatic heterocycles. The lowest BCUT2D eigenvalue weighted by molar-refractivity contribution is -0.0318. The maximum absolute atomic E-state index is 9.31. The van der Waals surface area contributed by atoms with Gasteiger partial charge in [0.1, 0.15) is 0 Å². The van der Waals surface area contributed by atoms with Gasteiger partial charge >= 0.3 is 0 Å². The van der Waals surface area contributed by atoms with Gasteiger partial charge in [-0.1, -0.05) is 24.3 Å². The number of nitrogens with zero attached hydrogens (tertiary/aromatic N) is 1. The lowest BCUT2D eigenvalue weighted by Gasteiger charge is -2.20. The van der Waals surface area contributed by atoms with E-state index in [1.807, 2.05) is 6.08 Å². The molecule has 2 aliphatic rings. The van der Waals surface area contributed by atoms with Crippen molar-refractivity contribution in [3.8, 4) is 0 Å². The molecule has 0 saturated carbocycles. The third-order valence-corrected chi connectivity index (χ3v) is 2.43. The Morgan fingerprint density at radius 2 is 2.17 bits per heavy atom. The van der Waals surface area contributed by atoms with E-state index in [0.717, 1.165) is 12.8 Å². The summed E-state index contributed by atoms with van der Waals surface area (Å²) in [4.78, 5) is 0. The van der Waals surface area contributed by atoms with Crippen LogP contribution in [0.2, 0.25) is 0 Å². The predicted octanol–water partition coefficient (Wildman–Crippen LogP) is 2.10. The smallest absolute Gasteiger partial charge is 0.0662 e. The highest BCUT2D eigenvalue weighted by Gasteiger charge is 2.17. The summed E-state index contributed by atoms with van der Waals surface area (Å²) in [7, 11) is 0. The van der Waals surface area contributed by atoms with E-state index in [0.29, 0.717) is 12.5 Å². The maximum Gasteiger partial charge on any atom is 0.0662 e. The number of allylic oxidation sites excluding steroid dienone is 4. The second-order valence-electron chi connectivity index (χ2n) is 3.32. The molecule has 0 spiro atoms. The van der Waals surface area contributed by atoms with Crippen LogP contribution in [0.3, 0.4) is 0 Å². The minimum absolute atomic E-state index is 0.614. The Kier molecular flexibility index (Phi) is 2.00. The zero-order chi connectivity index (χ0) is 8.39. The molecular weight excluding hydrogens is 150 g/mol. The van der Waals surface area contributed by atoms with Crippen LogP contribution in [0.25, 0.3) is 0 Å². The van der Waals surface area contributed by atoms with Crippen LogP contribution < -0.4 is 0 Å². The van der Waals surface area contributed by atoms with Crippen molar-refractivity contribution in [3.05, 3.63) is 36.1 Å². The van der Waals surface area contributed by atoms with Gasteiger partial charge in [0.05, 0.1) is 6.54 Å². The van der Waals surface area contributed by atoms with Gasteiger partial charge in [-0.15, -0.1) is 0 Å². The van der Waals surface area contributed by atoms with Crippen LogP contribution in [0.1, 0.15) is 12.8 Å². The molecule has 2 heteroatoms. The topological polar surface area (TPSA) is 23.5 Å². The fourth-order valence-electron chi connectivity index (χ4n) is 1.74. The lowest BCUT2D eigenvalue weighted by atomic mass is 9.89. The highest BCUT2D eigenvalue weighted by molar-refractivity contribution is 5.24. The quantitative estimate of drug-likeness (QED) is 0.591. The molecule has 0 aromatic heterocycles. The van der Waals surface area contributed by atoms with Gasteiger partial charge in [0.25, 0.3) is 0 Å². The Balaban J connectivity index is 2.18. The monoisotopic (exact) mass is 163 g/mol. The number of hydroxylamine groups is 2. The Hall–Kier alpha value is -1.02. The molecule has 12 heavy (non-hydrogen) atoms. The van der Waals surface area contributed by atoms with Crippen LogP contribution in [0.15, 0.2) is 36.1 Å². The molecule has 0 aromatic rings. The van der Waals surface area contributed by atoms with E-state index in [1.54, 1.807) is 6.20 Å². The first-order valence-corrected chi connectivity index (χ1v) is 4.34. The molecule has 64 valence electrons. The summed E-state index contributed by atoms with van der Waals surface area (Å²) in [6.07, 6.45) is 12.3. The van der Waals surface area contributed by atoms with E-state index in [9.17, 15) is 5.21 Å². The van der Waals surface area contributed by atoms with E-state index in [4.69, 9.17) is 0 Å². The van der Waals surface area contributed by atoms with Crippen molar-refractivity contribution in [2.24, 2.45) is 5.92 Å². The average molecular weight is 163 g/mol. The summed E-state index contributed by atoms with van der Waals surface area (Å²) in [6.45, 7) is 0.658. The molecule has 2 nitrogen and oxygen atoms in total. The normalized spacial score (nSPS) is 27.9. The number of fused-ring (bicyclic) bond motifs is 1. The first-order chi connectivity index (χ1) is 5.86. The second-order valence-corrected chi connectivity index (χ2v) is 3.32. The van der Waals surface area contributed by atoms with Crippen LogP contribution in [0, 0.1) is 5.92 Å². The number of hydrogen-bond donors (Lipinski definition) is 1. The molecule has 2 rings (SSSR count). The summed E-state index contributed by atoms with van der Waals surface area (Å²) in [5, 5.41) is 10.6. The summed E-state index contributed by atoms with van der Waals surface area (Å²) in [6, 6.07) is 0. The Labute approximate surface area is 72.5 Å². The molecule has 0 amide bonds. The first-order valence-electron chi connectivity index (χ1n) is 4.34. The van der Waals surface area contributed by atoms with Gasteiger partial charge in [0.15, 0.2) is 0 Å². The van der Waals surface area contributed by atoms with Crippen molar-refractivity contribution in [1.29, 1.82) is 0 Å². The third kappa shape index (κ3) is 1.43. The van der Waals surface area contributed by atoms with Gasteiger partial charge in [-0.05, 0) is 24.3 Å². The molecular formula is C10H13NO. The van der Waals surface area contributed by atoms with E-state index in [-0.39, 0.29) is 0 Å². The third-order valence-electron chi connectivity index (χ3n) is 2.43. The van der Waals surface area contributed by atoms with Crippen molar-refractivity contribution in [3.63, 3.8) is 0 Å². The summed E-state index contributed by atoms with van der Waals surface area (Å²) in [5.74, 6) is 0.614. The Bertz CT molecular complexity index is 253. The zero-order valence-electron chi connectivity index (χ0n) is 6.98. The lowest BCUT2D eigenvalue weighted by Crippen LogP contribution is -2.17. The van der Waals surface area contributed by atoms with Gasteiger partial charge in [-0.25, -0.2) is 0 Å². The molecule has 1 unspecified atom stereocenters. The minimum atomic E-state index is 0.614. The number of rotatable bonds is 0. The fraction of sp³-hybridized carbons (Fsp3) is 0.400. The fourth-order valence-corrected chi connectivity index (χ4v) is 1.74. The van der Waals surface area contributed by atoms with Crippen molar-refractivity contribution >= 4 is 0 Å². The molecule has 1 heterocycles. The highest BCUT2D eigenvalue weighted by Crippen LogP contribution is 2.26. The van der Waals surface area contributed by atoms with E-state index in [2.05, 4.69) is 18.2 Å². The van der Waals surface area contributed by atoms with Gasteiger partial charge in [-0.3, -0.25) is 10.3 Å². The van der Waals surface area contributed by atoms with Crippen molar-refractivity contribution < 1.29 is 5.21 Å². The van der Waals surface area contributed by atoms with Crippen LogP contribution in [-0.2, 0) is 0 Å². The summed E-state index contributed by atoms with van der Waals surface area (Å²) >= 11 is 0. The molecule has 1 aliphatic carbocycles. The molecule has 1 N–H and O–H groups in total. The van der Waals surface area contributed by atoms with Crippen LogP contribution >= 0.6 is 0 Å². The standard InChI is InChI=1S/C10H13NO/c12-11-7-3-6-9-4-1-2-5-10(9)8-11/h1-3,5,7,9,12H,4,6,8H2. The molecule has 1 atom stereocenters. The van der Waals surface area contributed by atoms with Gasteiger partial charge in [0, 0.05) is 6.20 Å². The Morgan fingerprint density at radius 1 is 1.33 bits per heavy atom. The first kappa shape index (κ1) is 7.62. The van der Waals surface area contributed by atoms with Crippen molar-refractivity contribution in [2.45, 2.75) is 12.8 Å². The van der Waals surface area contributed by atoms with E-state index in [1.165, 1.54) is 10.6 Å². The van der Waals surface area contributed by atoms with Crippen molar-refractivity contribution in [1.82, 2.24) is 5.06 Å². The molecule has 0 radical (unpaired) electrons. The van der Waals surface area contributed by atoms with Crippen LogP contribution in [0.5, 0.6) is 0 Å². The Morgan fingerprint density at radius 3 is 3.08 bits per heavy atom. The van der Waals surface area contributed by atoms with E-state index < -0.39 is 0 Å². The van der Waals surface area contributed by atoms with Gasteiger partial charge in [-0.2, -0.15) is 0 Å². The predicted molar refractivity (Wildman–Crippen MR) is 47.6 cm³/mol. The molecule has 0 aromatic carbocycles. The minimum Gasteiger partial charge on any atom is -0.289 e. The van der Waals surface area contributed by atoms with Crippen LogP contribution in [-0.4, -0.2) is 16.8 Å². The summed E-state index contributed by atoms with van der Waals surface area (Å²) in [5.41, 5.74) is 1.34. The van der Waals surface area contributed by atoms with Crippen LogP contribution in [0.4, 0.5) is 0 Å². The highest BCUT2D eigenvalue weighted by atomic mass is 16.5. The average Bonchev–Trinajstić information content (AvgIpc) is 2.25. The zero-order valence-corrected chi connectivity index (χ0v) is 6.98. The largest absolute Gasteiger partial charge is 0.289 e. The van der Waals surface area contributed by atoms with Gasteiger partial charge in [0.2, 0.25) is 0 Å². The van der Waals surface area contributed by atoms with E-state index >= 15 is 0 Å². The molecule has 0 bridgehead atoms. The second kappa shape index (κ2) is 3.15. The number of hydrogen-bond acceptors (Lipinski definition) is 2. The van der Waals surface area contributed by atoms with Gasteiger partial charge < -0.3 is 0 Å². The van der Waals surface area contributed by atoms with Crippen molar-refractivity contribution in [2.75, 3.05) is 6.54 Å². The maximum atomic E-state index is 9.31. The molecule has 0 saturated heterocycles. The summed E-state index contributed by atoms with van der Waals surface area (Å²) < 4.78 is 0.